The molecule has 90 valence electrons. The topological polar surface area (TPSA) is 20.2 Å². The van der Waals surface area contributed by atoms with Crippen LogP contribution in [0.3, 0.4) is 0 Å². The van der Waals surface area contributed by atoms with Gasteiger partial charge in [0.2, 0.25) is 0 Å². The molecular weight excluding hydrogens is 264 g/mol. The van der Waals surface area contributed by atoms with Crippen molar-refractivity contribution in [2.45, 2.75) is 25.1 Å². The second-order valence-corrected chi connectivity index (χ2v) is 4.18. The molecule has 6 heteroatoms. The molecule has 1 rings (SSSR count). The summed E-state index contributed by atoms with van der Waals surface area (Å²) in [4.78, 5) is 0. The first-order chi connectivity index (χ1) is 7.22. The van der Waals surface area contributed by atoms with Gasteiger partial charge in [-0.05, 0) is 24.6 Å². The van der Waals surface area contributed by atoms with E-state index in [4.69, 9.17) is 23.2 Å². The maximum Gasteiger partial charge on any atom is 0.421 e. The van der Waals surface area contributed by atoms with Crippen molar-refractivity contribution < 1.29 is 18.3 Å². The second-order valence-electron chi connectivity index (χ2n) is 3.34. The van der Waals surface area contributed by atoms with Crippen molar-refractivity contribution in [2.24, 2.45) is 0 Å². The van der Waals surface area contributed by atoms with Gasteiger partial charge in [0.25, 0.3) is 0 Å². The summed E-state index contributed by atoms with van der Waals surface area (Å²) in [6.45, 7) is 1.23. The van der Waals surface area contributed by atoms with Crippen LogP contribution in [0, 0.1) is 0 Å². The summed E-state index contributed by atoms with van der Waals surface area (Å²) in [6.07, 6.45) is -5.33. The molecule has 1 N–H and O–H groups in total. The lowest BCUT2D eigenvalue weighted by atomic mass is 9.90. The Kier molecular flexibility index (Phi) is 3.77. The highest BCUT2D eigenvalue weighted by atomic mass is 35.5. The first-order valence-electron chi connectivity index (χ1n) is 4.47. The van der Waals surface area contributed by atoms with E-state index in [1.165, 1.54) is 19.1 Å². The Bertz CT molecular complexity index is 392. The quantitative estimate of drug-likeness (QED) is 0.858. The van der Waals surface area contributed by atoms with Crippen LogP contribution in [0.2, 0.25) is 10.0 Å². The minimum atomic E-state index is -4.80. The van der Waals surface area contributed by atoms with Gasteiger partial charge in [-0.1, -0.05) is 30.1 Å². The van der Waals surface area contributed by atoms with Crippen LogP contribution in [0.25, 0.3) is 0 Å². The van der Waals surface area contributed by atoms with Gasteiger partial charge < -0.3 is 5.11 Å². The molecule has 0 aliphatic rings. The van der Waals surface area contributed by atoms with E-state index >= 15 is 0 Å². The molecular formula is C10H9Cl2F3O. The third kappa shape index (κ3) is 2.29. The van der Waals surface area contributed by atoms with Crippen molar-refractivity contribution in [2.75, 3.05) is 0 Å². The Morgan fingerprint density at radius 1 is 1.25 bits per heavy atom. The van der Waals surface area contributed by atoms with Gasteiger partial charge in [-0.3, -0.25) is 0 Å². The van der Waals surface area contributed by atoms with E-state index in [1.54, 1.807) is 0 Å². The molecule has 1 atom stereocenters. The predicted octanol–water partition coefficient (Wildman–Crippen LogP) is 4.15. The van der Waals surface area contributed by atoms with Gasteiger partial charge in [-0.15, -0.1) is 0 Å². The lowest BCUT2D eigenvalue weighted by Crippen LogP contribution is -2.41. The summed E-state index contributed by atoms with van der Waals surface area (Å²) in [5.41, 5.74) is -3.38. The van der Waals surface area contributed by atoms with Crippen molar-refractivity contribution in [3.63, 3.8) is 0 Å². The lowest BCUT2D eigenvalue weighted by Gasteiger charge is -2.30. The highest BCUT2D eigenvalue weighted by Gasteiger charge is 2.54. The van der Waals surface area contributed by atoms with E-state index in [0.29, 0.717) is 0 Å². The van der Waals surface area contributed by atoms with E-state index in [2.05, 4.69) is 0 Å². The number of benzene rings is 1. The van der Waals surface area contributed by atoms with Crippen LogP contribution in [0.4, 0.5) is 13.2 Å². The molecule has 1 aromatic rings. The molecule has 0 spiro atoms. The standard InChI is InChI=1S/C10H9Cl2F3O/c1-2-9(16,10(13,14)15)7-5-6(11)3-4-8(7)12/h3-5,16H,2H2,1H3. The molecule has 0 fully saturated rings. The second kappa shape index (κ2) is 4.43. The molecule has 0 saturated heterocycles. The number of halogens is 5. The van der Waals surface area contributed by atoms with Crippen molar-refractivity contribution >= 4 is 23.2 Å². The molecule has 0 amide bonds. The number of hydrogen-bond acceptors (Lipinski definition) is 1. The van der Waals surface area contributed by atoms with E-state index in [1.807, 2.05) is 0 Å². The fraction of sp³-hybridized carbons (Fsp3) is 0.400. The molecule has 1 nitrogen and oxygen atoms in total. The van der Waals surface area contributed by atoms with Crippen LogP contribution < -0.4 is 0 Å². The molecule has 1 unspecified atom stereocenters. The molecule has 0 radical (unpaired) electrons. The fourth-order valence-electron chi connectivity index (χ4n) is 1.36. The lowest BCUT2D eigenvalue weighted by molar-refractivity contribution is -0.267. The zero-order chi connectivity index (χ0) is 12.6. The highest BCUT2D eigenvalue weighted by Crippen LogP contribution is 2.44. The Morgan fingerprint density at radius 2 is 1.81 bits per heavy atom. The van der Waals surface area contributed by atoms with E-state index in [0.717, 1.165) is 6.07 Å². The highest BCUT2D eigenvalue weighted by molar-refractivity contribution is 6.33. The SMILES string of the molecule is CCC(O)(c1cc(Cl)ccc1Cl)C(F)(F)F. The molecule has 0 saturated carbocycles. The van der Waals surface area contributed by atoms with Crippen LogP contribution in [0.15, 0.2) is 18.2 Å². The van der Waals surface area contributed by atoms with Crippen LogP contribution >= 0.6 is 23.2 Å². The monoisotopic (exact) mass is 272 g/mol. The smallest absolute Gasteiger partial charge is 0.376 e. The van der Waals surface area contributed by atoms with Crippen LogP contribution in [0.5, 0.6) is 0 Å². The van der Waals surface area contributed by atoms with E-state index < -0.39 is 23.8 Å². The first-order valence-corrected chi connectivity index (χ1v) is 5.22. The van der Waals surface area contributed by atoms with Crippen molar-refractivity contribution in [3.8, 4) is 0 Å². The summed E-state index contributed by atoms with van der Waals surface area (Å²) >= 11 is 11.2. The molecule has 0 bridgehead atoms. The number of alkyl halides is 3. The Labute approximate surface area is 101 Å². The molecule has 1 aromatic carbocycles. The van der Waals surface area contributed by atoms with Crippen molar-refractivity contribution in [1.82, 2.24) is 0 Å². The summed E-state index contributed by atoms with van der Waals surface area (Å²) in [6, 6.07) is 3.62. The van der Waals surface area contributed by atoms with E-state index in [-0.39, 0.29) is 10.0 Å². The number of hydrogen-bond donors (Lipinski definition) is 1. The van der Waals surface area contributed by atoms with Gasteiger partial charge in [-0.25, -0.2) is 0 Å². The van der Waals surface area contributed by atoms with Crippen LogP contribution in [0.1, 0.15) is 18.9 Å². The Balaban J connectivity index is 3.39. The predicted molar refractivity (Wildman–Crippen MR) is 56.7 cm³/mol. The minimum absolute atomic E-state index is 0.0931. The number of rotatable bonds is 2. The molecule has 16 heavy (non-hydrogen) atoms. The van der Waals surface area contributed by atoms with Gasteiger partial charge in [-0.2, -0.15) is 13.2 Å². The van der Waals surface area contributed by atoms with Gasteiger partial charge in [0, 0.05) is 15.6 Å². The summed E-state index contributed by atoms with van der Waals surface area (Å²) < 4.78 is 38.3. The summed E-state index contributed by atoms with van der Waals surface area (Å²) in [5, 5.41) is 9.60. The Morgan fingerprint density at radius 3 is 2.25 bits per heavy atom. The molecule has 0 heterocycles. The Hall–Kier alpha value is -0.450. The minimum Gasteiger partial charge on any atom is -0.376 e. The number of aliphatic hydroxyl groups is 1. The summed E-state index contributed by atoms with van der Waals surface area (Å²) in [5.74, 6) is 0. The molecule has 0 aliphatic carbocycles. The third-order valence-electron chi connectivity index (χ3n) is 2.35. The average molecular weight is 273 g/mol. The molecule has 0 aliphatic heterocycles. The zero-order valence-corrected chi connectivity index (χ0v) is 9.79. The summed E-state index contributed by atoms with van der Waals surface area (Å²) in [7, 11) is 0. The van der Waals surface area contributed by atoms with Gasteiger partial charge >= 0.3 is 6.18 Å². The van der Waals surface area contributed by atoms with Gasteiger partial charge in [0.1, 0.15) is 0 Å². The van der Waals surface area contributed by atoms with Crippen molar-refractivity contribution in [1.29, 1.82) is 0 Å². The zero-order valence-electron chi connectivity index (χ0n) is 8.28. The van der Waals surface area contributed by atoms with Crippen molar-refractivity contribution in [3.05, 3.63) is 33.8 Å². The van der Waals surface area contributed by atoms with Gasteiger partial charge in [0.15, 0.2) is 5.60 Å². The normalized spacial score (nSPS) is 15.9. The largest absolute Gasteiger partial charge is 0.421 e. The van der Waals surface area contributed by atoms with Crippen LogP contribution in [-0.4, -0.2) is 11.3 Å². The first kappa shape index (κ1) is 13.6. The average Bonchev–Trinajstić information content (AvgIpc) is 2.19. The van der Waals surface area contributed by atoms with Crippen LogP contribution in [-0.2, 0) is 5.60 Å². The maximum atomic E-state index is 12.8. The van der Waals surface area contributed by atoms with Gasteiger partial charge in [0.05, 0.1) is 0 Å². The third-order valence-corrected chi connectivity index (χ3v) is 2.92. The molecule has 0 aromatic heterocycles. The fourth-order valence-corrected chi connectivity index (χ4v) is 1.80. The maximum absolute atomic E-state index is 12.8. The van der Waals surface area contributed by atoms with E-state index in [9.17, 15) is 18.3 Å².